The molecule has 1 amide bonds. The number of aliphatic hydroxyl groups is 1. The summed E-state index contributed by atoms with van der Waals surface area (Å²) in [6.45, 7) is 2.63. The molecule has 1 heterocycles. The Morgan fingerprint density at radius 3 is 2.55 bits per heavy atom. The Labute approximate surface area is 119 Å². The van der Waals surface area contributed by atoms with Crippen molar-refractivity contribution in [2.24, 2.45) is 5.92 Å². The molecule has 0 unspecified atom stereocenters. The van der Waals surface area contributed by atoms with E-state index in [0.717, 1.165) is 6.42 Å². The lowest BCUT2D eigenvalue weighted by Gasteiger charge is -2.30. The monoisotopic (exact) mass is 275 g/mol. The third kappa shape index (κ3) is 2.34. The molecule has 0 aromatic heterocycles. The first-order valence-corrected chi connectivity index (χ1v) is 7.25. The van der Waals surface area contributed by atoms with Crippen molar-refractivity contribution < 1.29 is 14.6 Å². The molecule has 1 fully saturated rings. The summed E-state index contributed by atoms with van der Waals surface area (Å²) in [7, 11) is 0. The zero-order valence-electron chi connectivity index (χ0n) is 11.8. The average Bonchev–Trinajstić information content (AvgIpc) is 3.02. The fourth-order valence-electron chi connectivity index (χ4n) is 3.30. The fraction of sp³-hybridized carbons (Fsp3) is 0.562. The number of carbonyl (C=O) groups is 1. The number of rotatable bonds is 3. The second-order valence-corrected chi connectivity index (χ2v) is 6.11. The van der Waals surface area contributed by atoms with Gasteiger partial charge >= 0.3 is 0 Å². The van der Waals surface area contributed by atoms with Gasteiger partial charge in [-0.05, 0) is 36.3 Å². The second kappa shape index (κ2) is 5.19. The molecule has 20 heavy (non-hydrogen) atoms. The van der Waals surface area contributed by atoms with E-state index in [0.29, 0.717) is 19.4 Å². The van der Waals surface area contributed by atoms with E-state index in [2.05, 4.69) is 17.4 Å². The number of amides is 1. The first-order chi connectivity index (χ1) is 9.63. The number of nitrogens with one attached hydrogen (secondary N) is 1. The molecule has 0 bridgehead atoms. The topological polar surface area (TPSA) is 58.6 Å². The average molecular weight is 275 g/mol. The fourth-order valence-corrected chi connectivity index (χ4v) is 3.30. The summed E-state index contributed by atoms with van der Waals surface area (Å²) in [5.74, 6) is 0.159. The summed E-state index contributed by atoms with van der Waals surface area (Å²) in [6.07, 6.45) is 1.92. The summed E-state index contributed by atoms with van der Waals surface area (Å²) in [4.78, 5) is 12.4. The highest BCUT2D eigenvalue weighted by atomic mass is 16.5. The van der Waals surface area contributed by atoms with E-state index < -0.39 is 5.54 Å². The van der Waals surface area contributed by atoms with Gasteiger partial charge in [0.25, 0.3) is 0 Å². The van der Waals surface area contributed by atoms with Crippen molar-refractivity contribution in [1.82, 2.24) is 5.32 Å². The van der Waals surface area contributed by atoms with E-state index in [1.807, 2.05) is 19.1 Å². The normalized spacial score (nSPS) is 27.3. The Morgan fingerprint density at radius 2 is 2.05 bits per heavy atom. The molecule has 0 spiro atoms. The summed E-state index contributed by atoms with van der Waals surface area (Å²) in [6, 6.07) is 8.12. The maximum Gasteiger partial charge on any atom is 0.249 e. The molecule has 4 nitrogen and oxygen atoms in total. The predicted molar refractivity (Wildman–Crippen MR) is 75.3 cm³/mol. The molecule has 2 aliphatic rings. The molecule has 1 saturated heterocycles. The highest BCUT2D eigenvalue weighted by Gasteiger charge is 2.41. The zero-order chi connectivity index (χ0) is 14.2. The van der Waals surface area contributed by atoms with Crippen LogP contribution in [0.1, 0.15) is 24.5 Å². The lowest BCUT2D eigenvalue weighted by atomic mass is 9.95. The van der Waals surface area contributed by atoms with Crippen LogP contribution < -0.4 is 5.32 Å². The molecule has 1 aromatic carbocycles. The van der Waals surface area contributed by atoms with Gasteiger partial charge in [0.05, 0.1) is 12.1 Å². The number of benzene rings is 1. The zero-order valence-corrected chi connectivity index (χ0v) is 11.8. The molecular weight excluding hydrogens is 254 g/mol. The van der Waals surface area contributed by atoms with Crippen molar-refractivity contribution in [3.8, 4) is 0 Å². The molecule has 0 saturated carbocycles. The van der Waals surface area contributed by atoms with Crippen molar-refractivity contribution >= 4 is 5.91 Å². The highest BCUT2D eigenvalue weighted by Crippen LogP contribution is 2.30. The summed E-state index contributed by atoms with van der Waals surface area (Å²) < 4.78 is 5.51. The lowest BCUT2D eigenvalue weighted by Crippen LogP contribution is -2.55. The minimum atomic E-state index is -0.563. The van der Waals surface area contributed by atoms with Gasteiger partial charge in [-0.3, -0.25) is 4.79 Å². The summed E-state index contributed by atoms with van der Waals surface area (Å²) >= 11 is 0. The number of fused-ring (bicyclic) bond motifs is 1. The Kier molecular flexibility index (Phi) is 3.52. The van der Waals surface area contributed by atoms with Crippen LogP contribution in [0.4, 0.5) is 0 Å². The first kappa shape index (κ1) is 13.6. The van der Waals surface area contributed by atoms with Gasteiger partial charge < -0.3 is 15.2 Å². The van der Waals surface area contributed by atoms with E-state index in [-0.39, 0.29) is 24.5 Å². The van der Waals surface area contributed by atoms with Crippen LogP contribution in [0.3, 0.4) is 0 Å². The maximum atomic E-state index is 12.4. The second-order valence-electron chi connectivity index (χ2n) is 6.11. The Balaban J connectivity index is 1.74. The van der Waals surface area contributed by atoms with Gasteiger partial charge in [0.2, 0.25) is 5.91 Å². The number of ether oxygens (including phenoxy) is 1. The van der Waals surface area contributed by atoms with E-state index in [9.17, 15) is 9.90 Å². The molecule has 1 aromatic rings. The van der Waals surface area contributed by atoms with Crippen LogP contribution in [0.25, 0.3) is 0 Å². The Hall–Kier alpha value is -1.39. The van der Waals surface area contributed by atoms with Crippen molar-refractivity contribution in [3.05, 3.63) is 35.4 Å². The molecule has 1 aliphatic heterocycles. The molecule has 3 rings (SSSR count). The van der Waals surface area contributed by atoms with E-state index in [1.54, 1.807) is 0 Å². The largest absolute Gasteiger partial charge is 0.394 e. The van der Waals surface area contributed by atoms with Crippen LogP contribution in [0.5, 0.6) is 0 Å². The number of hydrogen-bond acceptors (Lipinski definition) is 3. The number of aliphatic hydroxyl groups excluding tert-OH is 1. The minimum Gasteiger partial charge on any atom is -0.394 e. The highest BCUT2D eigenvalue weighted by molar-refractivity contribution is 5.82. The standard InChI is InChI=1S/C16H21NO3/c1-11-6-7-20-14(11)15(19)17-16(10-18)8-12-4-2-3-5-13(12)9-16/h2-5,11,14,18H,6-10H2,1H3,(H,17,19)/t11-,14+/m1/s1. The quantitative estimate of drug-likeness (QED) is 0.867. The lowest BCUT2D eigenvalue weighted by molar-refractivity contribution is -0.134. The van der Waals surface area contributed by atoms with Gasteiger partial charge in [-0.15, -0.1) is 0 Å². The van der Waals surface area contributed by atoms with Crippen LogP contribution in [-0.2, 0) is 22.4 Å². The van der Waals surface area contributed by atoms with Crippen molar-refractivity contribution in [3.63, 3.8) is 0 Å². The predicted octanol–water partition coefficient (Wildman–Crippen LogP) is 1.06. The Morgan fingerprint density at radius 1 is 1.40 bits per heavy atom. The maximum absolute atomic E-state index is 12.4. The van der Waals surface area contributed by atoms with Gasteiger partial charge in [0, 0.05) is 6.61 Å². The van der Waals surface area contributed by atoms with Crippen LogP contribution in [0, 0.1) is 5.92 Å². The summed E-state index contributed by atoms with van der Waals surface area (Å²) in [5.41, 5.74) is 1.86. The number of hydrogen-bond donors (Lipinski definition) is 2. The van der Waals surface area contributed by atoms with Crippen molar-refractivity contribution in [2.45, 2.75) is 37.8 Å². The smallest absolute Gasteiger partial charge is 0.249 e. The van der Waals surface area contributed by atoms with Crippen LogP contribution >= 0.6 is 0 Å². The van der Waals surface area contributed by atoms with Gasteiger partial charge in [0.15, 0.2) is 0 Å². The molecule has 2 N–H and O–H groups in total. The third-order valence-electron chi connectivity index (χ3n) is 4.51. The van der Waals surface area contributed by atoms with Gasteiger partial charge in [-0.2, -0.15) is 0 Å². The van der Waals surface area contributed by atoms with Gasteiger partial charge in [-0.25, -0.2) is 0 Å². The molecule has 4 heteroatoms. The molecule has 0 radical (unpaired) electrons. The number of carbonyl (C=O) groups excluding carboxylic acids is 1. The van der Waals surface area contributed by atoms with E-state index in [4.69, 9.17) is 4.74 Å². The van der Waals surface area contributed by atoms with E-state index in [1.165, 1.54) is 11.1 Å². The molecule has 2 atom stereocenters. The molecule has 108 valence electrons. The third-order valence-corrected chi connectivity index (χ3v) is 4.51. The van der Waals surface area contributed by atoms with Crippen LogP contribution in [0.15, 0.2) is 24.3 Å². The van der Waals surface area contributed by atoms with Gasteiger partial charge in [0.1, 0.15) is 6.10 Å². The summed E-state index contributed by atoms with van der Waals surface area (Å²) in [5, 5.41) is 12.8. The first-order valence-electron chi connectivity index (χ1n) is 7.25. The molecular formula is C16H21NO3. The van der Waals surface area contributed by atoms with Crippen LogP contribution in [-0.4, -0.2) is 35.9 Å². The van der Waals surface area contributed by atoms with E-state index >= 15 is 0 Å². The van der Waals surface area contributed by atoms with Crippen molar-refractivity contribution in [2.75, 3.05) is 13.2 Å². The SMILES string of the molecule is C[C@@H]1CCO[C@@H]1C(=O)NC1(CO)Cc2ccccc2C1. The van der Waals surface area contributed by atoms with Crippen molar-refractivity contribution in [1.29, 1.82) is 0 Å². The van der Waals surface area contributed by atoms with Gasteiger partial charge in [-0.1, -0.05) is 31.2 Å². The van der Waals surface area contributed by atoms with Crippen LogP contribution in [0.2, 0.25) is 0 Å². The molecule has 1 aliphatic carbocycles. The Bertz CT molecular complexity index is 489. The minimum absolute atomic E-state index is 0.0471.